The van der Waals surface area contributed by atoms with Crippen molar-refractivity contribution >= 4 is 17.6 Å². The number of carbonyl (C=O) groups excluding carboxylic acids is 1. The van der Waals surface area contributed by atoms with Gasteiger partial charge in [-0.05, 0) is 30.7 Å². The van der Waals surface area contributed by atoms with Crippen LogP contribution in [0.15, 0.2) is 54.6 Å². The van der Waals surface area contributed by atoms with Crippen LogP contribution in [0.3, 0.4) is 0 Å². The molecule has 27 heavy (non-hydrogen) atoms. The molecule has 1 saturated heterocycles. The van der Waals surface area contributed by atoms with E-state index >= 15 is 0 Å². The van der Waals surface area contributed by atoms with E-state index in [9.17, 15) is 4.79 Å². The quantitative estimate of drug-likeness (QED) is 0.741. The number of nitrogens with one attached hydrogen (secondary N) is 1. The molecule has 144 valence electrons. The standard InChI is InChI=1S/C22H26ClNO3/c1-2-26-21(25)22(18-7-4-3-5-8-18)11-13-24(14-12-22)15-16-27-20-10-6-9-19(23)17-20/h3-10,17H,2,11-16H2,1H3/p+1. The number of benzene rings is 2. The average molecular weight is 389 g/mol. The monoisotopic (exact) mass is 388 g/mol. The lowest BCUT2D eigenvalue weighted by Crippen LogP contribution is -3.14. The molecule has 2 aromatic rings. The number of carbonyl (C=O) groups is 1. The van der Waals surface area contributed by atoms with Gasteiger partial charge in [0.15, 0.2) is 0 Å². The molecule has 1 N–H and O–H groups in total. The minimum Gasteiger partial charge on any atom is -0.488 e. The second kappa shape index (κ2) is 9.25. The largest absolute Gasteiger partial charge is 0.488 e. The maximum Gasteiger partial charge on any atom is 0.317 e. The number of halogens is 1. The first-order chi connectivity index (χ1) is 13.1. The van der Waals surface area contributed by atoms with Gasteiger partial charge in [-0.3, -0.25) is 4.79 Å². The predicted octanol–water partition coefficient (Wildman–Crippen LogP) is 2.90. The summed E-state index contributed by atoms with van der Waals surface area (Å²) in [5.74, 6) is 0.703. The zero-order chi connectivity index (χ0) is 19.1. The molecule has 2 aromatic carbocycles. The molecular weight excluding hydrogens is 362 g/mol. The number of esters is 1. The fourth-order valence-corrected chi connectivity index (χ4v) is 3.97. The summed E-state index contributed by atoms with van der Waals surface area (Å²) in [4.78, 5) is 14.2. The third-order valence-electron chi connectivity index (χ3n) is 5.32. The fourth-order valence-electron chi connectivity index (χ4n) is 3.79. The van der Waals surface area contributed by atoms with Crippen LogP contribution in [-0.2, 0) is 14.9 Å². The summed E-state index contributed by atoms with van der Waals surface area (Å²) in [6.07, 6.45) is 1.59. The first-order valence-corrected chi connectivity index (χ1v) is 9.96. The van der Waals surface area contributed by atoms with Gasteiger partial charge in [0, 0.05) is 17.9 Å². The molecule has 1 aliphatic heterocycles. The summed E-state index contributed by atoms with van der Waals surface area (Å²) in [6, 6.07) is 17.5. The van der Waals surface area contributed by atoms with Crippen molar-refractivity contribution < 1.29 is 19.2 Å². The highest BCUT2D eigenvalue weighted by Gasteiger charge is 2.45. The Morgan fingerprint density at radius 2 is 1.85 bits per heavy atom. The van der Waals surface area contributed by atoms with Crippen molar-refractivity contribution in [2.24, 2.45) is 0 Å². The topological polar surface area (TPSA) is 40.0 Å². The number of piperidine rings is 1. The normalized spacial score (nSPS) is 22.2. The lowest BCUT2D eigenvalue weighted by atomic mass is 9.72. The number of hydrogen-bond donors (Lipinski definition) is 1. The van der Waals surface area contributed by atoms with Gasteiger partial charge in [-0.1, -0.05) is 48.0 Å². The van der Waals surface area contributed by atoms with Crippen molar-refractivity contribution in [1.82, 2.24) is 0 Å². The van der Waals surface area contributed by atoms with Crippen LogP contribution < -0.4 is 9.64 Å². The van der Waals surface area contributed by atoms with Crippen LogP contribution in [0.4, 0.5) is 0 Å². The molecule has 0 amide bonds. The van der Waals surface area contributed by atoms with E-state index in [0.717, 1.165) is 43.8 Å². The number of ether oxygens (including phenoxy) is 2. The van der Waals surface area contributed by atoms with E-state index in [2.05, 4.69) is 0 Å². The van der Waals surface area contributed by atoms with E-state index in [1.807, 2.05) is 61.5 Å². The predicted molar refractivity (Wildman–Crippen MR) is 106 cm³/mol. The number of rotatable bonds is 7. The molecule has 0 radical (unpaired) electrons. The summed E-state index contributed by atoms with van der Waals surface area (Å²) in [5.41, 5.74) is 0.548. The molecule has 0 unspecified atom stereocenters. The number of quaternary nitrogens is 1. The van der Waals surface area contributed by atoms with Crippen molar-refractivity contribution in [3.05, 3.63) is 65.2 Å². The van der Waals surface area contributed by atoms with Gasteiger partial charge in [0.25, 0.3) is 0 Å². The van der Waals surface area contributed by atoms with Crippen LogP contribution in [-0.4, -0.2) is 38.8 Å². The van der Waals surface area contributed by atoms with Crippen LogP contribution in [0.1, 0.15) is 25.3 Å². The van der Waals surface area contributed by atoms with E-state index in [4.69, 9.17) is 21.1 Å². The van der Waals surface area contributed by atoms with Crippen LogP contribution in [0.5, 0.6) is 5.75 Å². The number of hydrogen-bond acceptors (Lipinski definition) is 3. The number of likely N-dealkylation sites (tertiary alicyclic amines) is 1. The molecule has 0 bridgehead atoms. The Labute approximate surface area is 166 Å². The summed E-state index contributed by atoms with van der Waals surface area (Å²) in [6.45, 7) is 5.66. The zero-order valence-corrected chi connectivity index (χ0v) is 16.5. The Balaban J connectivity index is 1.58. The third kappa shape index (κ3) is 4.82. The van der Waals surface area contributed by atoms with Gasteiger partial charge in [-0.15, -0.1) is 0 Å². The van der Waals surface area contributed by atoms with Gasteiger partial charge < -0.3 is 14.4 Å². The summed E-state index contributed by atoms with van der Waals surface area (Å²) >= 11 is 5.99. The Bertz CT molecular complexity index is 742. The minimum atomic E-state index is -0.519. The first kappa shape index (κ1) is 19.7. The van der Waals surface area contributed by atoms with E-state index in [-0.39, 0.29) is 5.97 Å². The van der Waals surface area contributed by atoms with Crippen molar-refractivity contribution in [2.75, 3.05) is 32.8 Å². The molecule has 0 spiro atoms. The molecule has 0 aliphatic carbocycles. The van der Waals surface area contributed by atoms with Crippen molar-refractivity contribution in [1.29, 1.82) is 0 Å². The van der Waals surface area contributed by atoms with Crippen molar-refractivity contribution in [3.8, 4) is 5.75 Å². The molecule has 1 aliphatic rings. The molecule has 0 saturated carbocycles. The molecule has 1 fully saturated rings. The van der Waals surface area contributed by atoms with E-state index in [1.54, 1.807) is 0 Å². The maximum atomic E-state index is 12.8. The Morgan fingerprint density at radius 3 is 2.52 bits per heavy atom. The molecule has 0 atom stereocenters. The van der Waals surface area contributed by atoms with Crippen LogP contribution in [0.2, 0.25) is 5.02 Å². The van der Waals surface area contributed by atoms with Gasteiger partial charge in [-0.2, -0.15) is 0 Å². The van der Waals surface area contributed by atoms with Crippen LogP contribution in [0, 0.1) is 0 Å². The average Bonchev–Trinajstić information content (AvgIpc) is 2.69. The molecule has 0 aromatic heterocycles. The lowest BCUT2D eigenvalue weighted by molar-refractivity contribution is -0.906. The molecule has 1 heterocycles. The molecule has 5 heteroatoms. The third-order valence-corrected chi connectivity index (χ3v) is 5.56. The van der Waals surface area contributed by atoms with Crippen LogP contribution in [0.25, 0.3) is 0 Å². The van der Waals surface area contributed by atoms with Gasteiger partial charge in [0.2, 0.25) is 0 Å². The highest BCUT2D eigenvalue weighted by molar-refractivity contribution is 6.30. The lowest BCUT2D eigenvalue weighted by Gasteiger charge is -2.38. The van der Waals surface area contributed by atoms with Crippen LogP contribution >= 0.6 is 11.6 Å². The van der Waals surface area contributed by atoms with Gasteiger partial charge >= 0.3 is 5.97 Å². The van der Waals surface area contributed by atoms with E-state index in [1.165, 1.54) is 4.90 Å². The summed E-state index contributed by atoms with van der Waals surface area (Å²) in [5, 5.41) is 0.680. The highest BCUT2D eigenvalue weighted by Crippen LogP contribution is 2.34. The highest BCUT2D eigenvalue weighted by atomic mass is 35.5. The van der Waals surface area contributed by atoms with Gasteiger partial charge in [0.05, 0.1) is 19.7 Å². The Morgan fingerprint density at radius 1 is 1.11 bits per heavy atom. The zero-order valence-electron chi connectivity index (χ0n) is 15.7. The van der Waals surface area contributed by atoms with E-state index < -0.39 is 5.41 Å². The second-order valence-electron chi connectivity index (χ2n) is 6.97. The Kier molecular flexibility index (Phi) is 6.75. The van der Waals surface area contributed by atoms with Gasteiger partial charge in [-0.25, -0.2) is 0 Å². The van der Waals surface area contributed by atoms with E-state index in [0.29, 0.717) is 18.2 Å². The smallest absolute Gasteiger partial charge is 0.317 e. The molecule has 3 rings (SSSR count). The Hall–Kier alpha value is -2.04. The SMILES string of the molecule is CCOC(=O)C1(c2ccccc2)CC[NH+](CCOc2cccc(Cl)c2)CC1. The second-order valence-corrected chi connectivity index (χ2v) is 7.41. The minimum absolute atomic E-state index is 0.0922. The maximum absolute atomic E-state index is 12.8. The molecular formula is C22H27ClNO3+. The van der Waals surface area contributed by atoms with Gasteiger partial charge in [0.1, 0.15) is 24.3 Å². The summed E-state index contributed by atoms with van der Waals surface area (Å²) < 4.78 is 11.3. The fraction of sp³-hybridized carbons (Fsp3) is 0.409. The first-order valence-electron chi connectivity index (χ1n) is 9.59. The summed E-state index contributed by atoms with van der Waals surface area (Å²) in [7, 11) is 0. The van der Waals surface area contributed by atoms with Crippen molar-refractivity contribution in [3.63, 3.8) is 0 Å². The molecule has 4 nitrogen and oxygen atoms in total. The van der Waals surface area contributed by atoms with Crippen molar-refractivity contribution in [2.45, 2.75) is 25.2 Å².